The fourth-order valence-corrected chi connectivity index (χ4v) is 2.35. The lowest BCUT2D eigenvalue weighted by Crippen LogP contribution is -2.47. The Labute approximate surface area is 91.9 Å². The van der Waals surface area contributed by atoms with Gasteiger partial charge in [0.05, 0.1) is 0 Å². The lowest BCUT2D eigenvalue weighted by Gasteiger charge is -2.35. The van der Waals surface area contributed by atoms with Gasteiger partial charge >= 0.3 is 0 Å². The van der Waals surface area contributed by atoms with E-state index >= 15 is 0 Å². The first-order chi connectivity index (χ1) is 7.31. The van der Waals surface area contributed by atoms with Crippen LogP contribution in [0.25, 0.3) is 0 Å². The van der Waals surface area contributed by atoms with Crippen molar-refractivity contribution in [3.63, 3.8) is 0 Å². The monoisotopic (exact) mass is 204 g/mol. The van der Waals surface area contributed by atoms with Gasteiger partial charge in [-0.15, -0.1) is 0 Å². The van der Waals surface area contributed by atoms with E-state index in [1.165, 1.54) is 18.4 Å². The van der Waals surface area contributed by atoms with Gasteiger partial charge in [-0.05, 0) is 24.8 Å². The van der Waals surface area contributed by atoms with Gasteiger partial charge in [0.15, 0.2) is 0 Å². The van der Waals surface area contributed by atoms with Crippen LogP contribution in [0.15, 0.2) is 30.3 Å². The van der Waals surface area contributed by atoms with Crippen molar-refractivity contribution in [2.75, 3.05) is 0 Å². The Bertz CT molecular complexity index is 297. The van der Waals surface area contributed by atoms with E-state index in [2.05, 4.69) is 42.6 Å². The third-order valence-electron chi connectivity index (χ3n) is 3.34. The van der Waals surface area contributed by atoms with E-state index in [1.54, 1.807) is 0 Å². The first-order valence-corrected chi connectivity index (χ1v) is 5.88. The number of hydrogen-bond acceptors (Lipinski definition) is 2. The highest BCUT2D eigenvalue weighted by Crippen LogP contribution is 2.25. The van der Waals surface area contributed by atoms with Crippen molar-refractivity contribution in [1.29, 1.82) is 0 Å². The van der Waals surface area contributed by atoms with E-state index < -0.39 is 0 Å². The Morgan fingerprint density at radius 2 is 2.00 bits per heavy atom. The third kappa shape index (κ3) is 2.39. The Balaban J connectivity index is 2.13. The van der Waals surface area contributed by atoms with Crippen LogP contribution in [0.5, 0.6) is 0 Å². The van der Waals surface area contributed by atoms with Crippen LogP contribution in [0.2, 0.25) is 0 Å². The van der Waals surface area contributed by atoms with Crippen LogP contribution in [0.4, 0.5) is 0 Å². The van der Waals surface area contributed by atoms with Crippen molar-refractivity contribution in [3.05, 3.63) is 35.9 Å². The summed E-state index contributed by atoms with van der Waals surface area (Å²) in [5.74, 6) is 0. The summed E-state index contributed by atoms with van der Waals surface area (Å²) >= 11 is 0. The van der Waals surface area contributed by atoms with Crippen LogP contribution in [-0.4, -0.2) is 12.1 Å². The van der Waals surface area contributed by atoms with Gasteiger partial charge in [0, 0.05) is 18.1 Å². The molecule has 82 valence electrons. The summed E-state index contributed by atoms with van der Waals surface area (Å²) in [6, 6.07) is 11.8. The van der Waals surface area contributed by atoms with E-state index in [0.29, 0.717) is 12.1 Å². The van der Waals surface area contributed by atoms with Gasteiger partial charge in [-0.1, -0.05) is 37.3 Å². The van der Waals surface area contributed by atoms with Gasteiger partial charge in [-0.2, -0.15) is 0 Å². The second-order valence-electron chi connectivity index (χ2n) is 4.40. The quantitative estimate of drug-likeness (QED) is 0.775. The highest BCUT2D eigenvalue weighted by molar-refractivity contribution is 5.21. The molecular formula is C13H20N2. The fourth-order valence-electron chi connectivity index (χ4n) is 2.35. The molecule has 15 heavy (non-hydrogen) atoms. The van der Waals surface area contributed by atoms with Gasteiger partial charge in [0.25, 0.3) is 0 Å². The summed E-state index contributed by atoms with van der Waals surface area (Å²) < 4.78 is 0. The van der Waals surface area contributed by atoms with Crippen molar-refractivity contribution in [2.45, 2.75) is 44.3 Å². The zero-order valence-corrected chi connectivity index (χ0v) is 9.32. The van der Waals surface area contributed by atoms with Crippen LogP contribution in [0, 0.1) is 0 Å². The van der Waals surface area contributed by atoms with Crippen molar-refractivity contribution in [2.24, 2.45) is 5.73 Å². The fraction of sp³-hybridized carbons (Fsp3) is 0.538. The molecule has 0 aromatic heterocycles. The number of benzene rings is 1. The average molecular weight is 204 g/mol. The summed E-state index contributed by atoms with van der Waals surface area (Å²) in [5.41, 5.74) is 7.49. The van der Waals surface area contributed by atoms with Gasteiger partial charge in [0.1, 0.15) is 0 Å². The molecular weight excluding hydrogens is 184 g/mol. The molecule has 1 aliphatic heterocycles. The maximum absolute atomic E-state index is 6.17. The molecule has 2 rings (SSSR count). The molecule has 1 aromatic rings. The summed E-state index contributed by atoms with van der Waals surface area (Å²) in [7, 11) is 0. The topological polar surface area (TPSA) is 38.0 Å². The predicted octanol–water partition coefficient (Wildman–Crippen LogP) is 2.22. The van der Waals surface area contributed by atoms with Crippen molar-refractivity contribution >= 4 is 0 Å². The van der Waals surface area contributed by atoms with E-state index in [-0.39, 0.29) is 6.04 Å². The van der Waals surface area contributed by atoms with Crippen LogP contribution in [-0.2, 0) is 0 Å². The Kier molecular flexibility index (Phi) is 3.39. The van der Waals surface area contributed by atoms with Crippen LogP contribution >= 0.6 is 0 Å². The molecule has 0 unspecified atom stereocenters. The molecule has 0 saturated carbocycles. The van der Waals surface area contributed by atoms with E-state index in [1.807, 2.05) is 0 Å². The lowest BCUT2D eigenvalue weighted by molar-refractivity contribution is 0.283. The third-order valence-corrected chi connectivity index (χ3v) is 3.34. The first-order valence-electron chi connectivity index (χ1n) is 5.88. The number of piperidine rings is 1. The van der Waals surface area contributed by atoms with Gasteiger partial charge in [0.2, 0.25) is 0 Å². The predicted molar refractivity (Wildman–Crippen MR) is 63.6 cm³/mol. The van der Waals surface area contributed by atoms with Crippen LogP contribution < -0.4 is 11.1 Å². The minimum Gasteiger partial charge on any atom is -0.326 e. The molecule has 3 atom stereocenters. The lowest BCUT2D eigenvalue weighted by atomic mass is 9.89. The van der Waals surface area contributed by atoms with E-state index in [9.17, 15) is 0 Å². The van der Waals surface area contributed by atoms with Gasteiger partial charge < -0.3 is 11.1 Å². The second kappa shape index (κ2) is 4.77. The molecule has 0 aliphatic carbocycles. The smallest absolute Gasteiger partial charge is 0.0475 e. The maximum Gasteiger partial charge on any atom is 0.0475 e. The first kappa shape index (κ1) is 10.7. The normalized spacial score (nSPS) is 31.5. The molecule has 0 bridgehead atoms. The largest absolute Gasteiger partial charge is 0.326 e. The molecule has 0 radical (unpaired) electrons. The zero-order valence-electron chi connectivity index (χ0n) is 9.32. The standard InChI is InChI=1S/C13H20N2/c1-2-11-8-9-12(14)13(15-11)10-6-4-3-5-7-10/h3-7,11-13,15H,2,8-9,14H2,1H3/t11-,12+,13-/m0/s1. The summed E-state index contributed by atoms with van der Waals surface area (Å²) in [6.45, 7) is 2.23. The summed E-state index contributed by atoms with van der Waals surface area (Å²) in [5, 5.41) is 3.64. The second-order valence-corrected chi connectivity index (χ2v) is 4.40. The SMILES string of the molecule is CC[C@H]1CC[C@@H](N)[C@H](c2ccccc2)N1. The van der Waals surface area contributed by atoms with Crippen molar-refractivity contribution < 1.29 is 0 Å². The zero-order chi connectivity index (χ0) is 10.7. The van der Waals surface area contributed by atoms with E-state index in [0.717, 1.165) is 6.42 Å². The molecule has 2 nitrogen and oxygen atoms in total. The summed E-state index contributed by atoms with van der Waals surface area (Å²) in [4.78, 5) is 0. The summed E-state index contributed by atoms with van der Waals surface area (Å²) in [6.07, 6.45) is 3.53. The van der Waals surface area contributed by atoms with Crippen molar-refractivity contribution in [3.8, 4) is 0 Å². The molecule has 0 spiro atoms. The highest BCUT2D eigenvalue weighted by atomic mass is 15.0. The van der Waals surface area contributed by atoms with Gasteiger partial charge in [-0.3, -0.25) is 0 Å². The van der Waals surface area contributed by atoms with Gasteiger partial charge in [-0.25, -0.2) is 0 Å². The van der Waals surface area contributed by atoms with Crippen LogP contribution in [0.1, 0.15) is 37.8 Å². The highest BCUT2D eigenvalue weighted by Gasteiger charge is 2.27. The molecule has 1 fully saturated rings. The molecule has 1 saturated heterocycles. The molecule has 0 amide bonds. The number of rotatable bonds is 2. The Hall–Kier alpha value is -0.860. The van der Waals surface area contributed by atoms with Crippen LogP contribution in [0.3, 0.4) is 0 Å². The Morgan fingerprint density at radius 3 is 2.67 bits per heavy atom. The molecule has 1 aromatic carbocycles. The van der Waals surface area contributed by atoms with Crippen molar-refractivity contribution in [1.82, 2.24) is 5.32 Å². The number of nitrogens with one attached hydrogen (secondary N) is 1. The molecule has 2 heteroatoms. The minimum absolute atomic E-state index is 0.259. The number of hydrogen-bond donors (Lipinski definition) is 2. The maximum atomic E-state index is 6.17. The molecule has 1 aliphatic rings. The minimum atomic E-state index is 0.259. The molecule has 3 N–H and O–H groups in total. The molecule has 1 heterocycles. The Morgan fingerprint density at radius 1 is 1.27 bits per heavy atom. The number of nitrogens with two attached hydrogens (primary N) is 1. The van der Waals surface area contributed by atoms with E-state index in [4.69, 9.17) is 5.73 Å². The average Bonchev–Trinajstić information content (AvgIpc) is 2.31.